The molecule has 0 spiro atoms. The zero-order chi connectivity index (χ0) is 10.7. The lowest BCUT2D eigenvalue weighted by atomic mass is 9.70. The first-order chi connectivity index (χ1) is 5.60. The van der Waals surface area contributed by atoms with Gasteiger partial charge in [0.1, 0.15) is 0 Å². The van der Waals surface area contributed by atoms with Crippen molar-refractivity contribution in [2.75, 3.05) is 0 Å². The molecule has 1 heteroatoms. The highest BCUT2D eigenvalue weighted by molar-refractivity contribution is 6.11. The molecule has 0 aromatic heterocycles. The third-order valence-corrected chi connectivity index (χ3v) is 2.14. The summed E-state index contributed by atoms with van der Waals surface area (Å²) in [4.78, 5) is 0. The van der Waals surface area contributed by atoms with Crippen LogP contribution in [-0.2, 0) is 0 Å². The van der Waals surface area contributed by atoms with Crippen molar-refractivity contribution in [2.24, 2.45) is 10.8 Å². The minimum Gasteiger partial charge on any atom is -0.0769 e. The molecule has 0 saturated carbocycles. The Balaban J connectivity index is 3.70. The quantitative estimate of drug-likeness (QED) is 0.571. The molecule has 76 valence electrons. The van der Waals surface area contributed by atoms with Crippen LogP contribution in [0.3, 0.4) is 0 Å². The molecule has 0 rings (SSSR count). The zero-order valence-corrected chi connectivity index (χ0v) is 10.3. The van der Waals surface area contributed by atoms with Gasteiger partial charge in [0.25, 0.3) is 0 Å². The van der Waals surface area contributed by atoms with Crippen molar-refractivity contribution in [3.63, 3.8) is 0 Å². The fraction of sp³-hybridized carbons (Fsp3) is 1.00. The SMILES string of the molecule is [B]C(CCC(C)(C)C)CC(C)(C)C. The van der Waals surface area contributed by atoms with Crippen LogP contribution in [-0.4, -0.2) is 7.85 Å². The topological polar surface area (TPSA) is 0 Å². The largest absolute Gasteiger partial charge is 0.0769 e. The van der Waals surface area contributed by atoms with Gasteiger partial charge in [-0.2, -0.15) is 0 Å². The Labute approximate surface area is 85.9 Å². The van der Waals surface area contributed by atoms with Crippen molar-refractivity contribution in [1.29, 1.82) is 0 Å². The summed E-state index contributed by atoms with van der Waals surface area (Å²) < 4.78 is 0. The van der Waals surface area contributed by atoms with Crippen LogP contribution >= 0.6 is 0 Å². The summed E-state index contributed by atoms with van der Waals surface area (Å²) >= 11 is 0. The average molecular weight is 180 g/mol. The maximum Gasteiger partial charge on any atom is 0.0699 e. The highest BCUT2D eigenvalue weighted by Crippen LogP contribution is 2.32. The van der Waals surface area contributed by atoms with E-state index in [0.717, 1.165) is 12.8 Å². The molecule has 0 saturated heterocycles. The van der Waals surface area contributed by atoms with E-state index in [1.807, 2.05) is 0 Å². The van der Waals surface area contributed by atoms with Gasteiger partial charge in [-0.05, 0) is 17.3 Å². The van der Waals surface area contributed by atoms with Gasteiger partial charge in [-0.25, -0.2) is 0 Å². The first kappa shape index (κ1) is 13.1. The molecule has 13 heavy (non-hydrogen) atoms. The van der Waals surface area contributed by atoms with E-state index >= 15 is 0 Å². The summed E-state index contributed by atoms with van der Waals surface area (Å²) in [5.74, 6) is 0.374. The van der Waals surface area contributed by atoms with Gasteiger partial charge in [0, 0.05) is 0 Å². The fourth-order valence-electron chi connectivity index (χ4n) is 1.51. The summed E-state index contributed by atoms with van der Waals surface area (Å²) in [5, 5.41) is 0. The van der Waals surface area contributed by atoms with Crippen LogP contribution in [0, 0.1) is 10.8 Å². The predicted molar refractivity (Wildman–Crippen MR) is 62.3 cm³/mol. The van der Waals surface area contributed by atoms with Crippen LogP contribution in [0.15, 0.2) is 0 Å². The Bertz CT molecular complexity index is 136. The Kier molecular flexibility index (Phi) is 4.55. The minimum atomic E-state index is 0.372. The van der Waals surface area contributed by atoms with Gasteiger partial charge in [-0.15, -0.1) is 0 Å². The Hall–Kier alpha value is 0.0649. The van der Waals surface area contributed by atoms with Gasteiger partial charge < -0.3 is 0 Å². The first-order valence-electron chi connectivity index (χ1n) is 5.36. The fourth-order valence-corrected chi connectivity index (χ4v) is 1.51. The van der Waals surface area contributed by atoms with E-state index < -0.39 is 0 Å². The smallest absolute Gasteiger partial charge is 0.0699 e. The molecular weight excluding hydrogens is 155 g/mol. The standard InChI is InChI=1S/C12H25B/c1-11(2,3)8-7-10(13)9-12(4,5)6/h10H,7-9H2,1-6H3. The first-order valence-corrected chi connectivity index (χ1v) is 5.36. The molecule has 2 radical (unpaired) electrons. The lowest BCUT2D eigenvalue weighted by molar-refractivity contribution is 0.318. The minimum absolute atomic E-state index is 0.372. The molecule has 0 aliphatic rings. The maximum atomic E-state index is 6.07. The molecule has 0 aromatic rings. The zero-order valence-electron chi connectivity index (χ0n) is 10.3. The molecule has 0 fully saturated rings. The highest BCUT2D eigenvalue weighted by Gasteiger charge is 2.17. The van der Waals surface area contributed by atoms with E-state index in [9.17, 15) is 0 Å². The number of rotatable bonds is 3. The molecule has 0 aliphatic carbocycles. The third-order valence-electron chi connectivity index (χ3n) is 2.14. The summed E-state index contributed by atoms with van der Waals surface area (Å²) in [5.41, 5.74) is 0.798. The molecule has 0 amide bonds. The molecular formula is C12H25B. The Morgan fingerprint density at radius 1 is 0.923 bits per heavy atom. The molecule has 0 N–H and O–H groups in total. The van der Waals surface area contributed by atoms with Crippen LogP contribution in [0.1, 0.15) is 60.8 Å². The van der Waals surface area contributed by atoms with E-state index in [4.69, 9.17) is 7.85 Å². The van der Waals surface area contributed by atoms with Crippen molar-refractivity contribution in [2.45, 2.75) is 66.6 Å². The molecule has 0 aromatic carbocycles. The number of hydrogen-bond acceptors (Lipinski definition) is 0. The van der Waals surface area contributed by atoms with Crippen molar-refractivity contribution < 1.29 is 0 Å². The normalized spacial score (nSPS) is 15.8. The van der Waals surface area contributed by atoms with Gasteiger partial charge in [-0.3, -0.25) is 0 Å². The predicted octanol–water partition coefficient (Wildman–Crippen LogP) is 4.21. The van der Waals surface area contributed by atoms with Crippen molar-refractivity contribution in [1.82, 2.24) is 0 Å². The van der Waals surface area contributed by atoms with Crippen LogP contribution in [0.2, 0.25) is 5.82 Å². The van der Waals surface area contributed by atoms with Gasteiger partial charge >= 0.3 is 0 Å². The Morgan fingerprint density at radius 2 is 1.38 bits per heavy atom. The van der Waals surface area contributed by atoms with E-state index in [1.54, 1.807) is 0 Å². The van der Waals surface area contributed by atoms with Gasteiger partial charge in [-0.1, -0.05) is 60.2 Å². The summed E-state index contributed by atoms with van der Waals surface area (Å²) in [6, 6.07) is 0. The molecule has 0 heterocycles. The van der Waals surface area contributed by atoms with Gasteiger partial charge in [0.15, 0.2) is 0 Å². The molecule has 0 bridgehead atoms. The van der Waals surface area contributed by atoms with Crippen LogP contribution in [0.25, 0.3) is 0 Å². The second kappa shape index (κ2) is 4.53. The van der Waals surface area contributed by atoms with E-state index in [0.29, 0.717) is 16.6 Å². The highest BCUT2D eigenvalue weighted by atomic mass is 14.2. The lowest BCUT2D eigenvalue weighted by Gasteiger charge is -2.26. The van der Waals surface area contributed by atoms with Crippen molar-refractivity contribution in [3.05, 3.63) is 0 Å². The number of hydrogen-bond donors (Lipinski definition) is 0. The van der Waals surface area contributed by atoms with Crippen molar-refractivity contribution in [3.8, 4) is 0 Å². The van der Waals surface area contributed by atoms with Crippen molar-refractivity contribution >= 4 is 7.85 Å². The lowest BCUT2D eigenvalue weighted by Crippen LogP contribution is -2.12. The molecule has 0 aliphatic heterocycles. The second-order valence-electron chi connectivity index (χ2n) is 6.62. The van der Waals surface area contributed by atoms with E-state index in [2.05, 4.69) is 41.5 Å². The van der Waals surface area contributed by atoms with E-state index in [-0.39, 0.29) is 0 Å². The van der Waals surface area contributed by atoms with Crippen LogP contribution in [0.4, 0.5) is 0 Å². The molecule has 0 nitrogen and oxygen atoms in total. The third kappa shape index (κ3) is 9.98. The summed E-state index contributed by atoms with van der Waals surface area (Å²) in [7, 11) is 6.07. The maximum absolute atomic E-state index is 6.07. The van der Waals surface area contributed by atoms with Gasteiger partial charge in [0.05, 0.1) is 7.85 Å². The Morgan fingerprint density at radius 3 is 1.69 bits per heavy atom. The summed E-state index contributed by atoms with van der Waals surface area (Å²) in [6.07, 6.45) is 3.51. The molecule has 1 unspecified atom stereocenters. The van der Waals surface area contributed by atoms with Crippen LogP contribution < -0.4 is 0 Å². The second-order valence-corrected chi connectivity index (χ2v) is 6.62. The molecule has 1 atom stereocenters. The summed E-state index contributed by atoms with van der Waals surface area (Å²) in [6.45, 7) is 13.6. The average Bonchev–Trinajstić information content (AvgIpc) is 1.78. The monoisotopic (exact) mass is 180 g/mol. The van der Waals surface area contributed by atoms with E-state index in [1.165, 1.54) is 6.42 Å². The van der Waals surface area contributed by atoms with Crippen LogP contribution in [0.5, 0.6) is 0 Å². The van der Waals surface area contributed by atoms with Gasteiger partial charge in [0.2, 0.25) is 0 Å².